The molecule has 11 nitrogen and oxygen atoms in total. The van der Waals surface area contributed by atoms with Crippen molar-refractivity contribution < 1.29 is 17.9 Å². The van der Waals surface area contributed by atoms with Gasteiger partial charge in [0.05, 0.1) is 32.6 Å². The molecule has 0 bridgehead atoms. The number of esters is 1. The van der Waals surface area contributed by atoms with E-state index >= 15 is 0 Å². The van der Waals surface area contributed by atoms with Crippen LogP contribution in [0, 0.1) is 13.8 Å². The van der Waals surface area contributed by atoms with Crippen molar-refractivity contribution in [2.75, 3.05) is 4.72 Å². The lowest BCUT2D eigenvalue weighted by Crippen LogP contribution is -2.19. The highest BCUT2D eigenvalue weighted by Gasteiger charge is 2.23. The fourth-order valence-electron chi connectivity index (χ4n) is 3.88. The highest BCUT2D eigenvalue weighted by atomic mass is 32.2. The van der Waals surface area contributed by atoms with Crippen molar-refractivity contribution in [3.63, 3.8) is 0 Å². The van der Waals surface area contributed by atoms with Crippen molar-refractivity contribution >= 4 is 54.3 Å². The number of hydrogen-bond donors (Lipinski definition) is 4. The third-order valence-electron chi connectivity index (χ3n) is 5.92. The number of sulfonamides is 1. The van der Waals surface area contributed by atoms with E-state index in [0.717, 1.165) is 10.4 Å². The fraction of sp³-hybridized carbons (Fsp3) is 0.167. The first kappa shape index (κ1) is 24.5. The van der Waals surface area contributed by atoms with Crippen molar-refractivity contribution in [2.24, 2.45) is 0 Å². The third-order valence-corrected chi connectivity index (χ3v) is 8.38. The summed E-state index contributed by atoms with van der Waals surface area (Å²) in [7, 11) is -4.12. The highest BCUT2D eigenvalue weighted by Crippen LogP contribution is 2.28. The van der Waals surface area contributed by atoms with Gasteiger partial charge in [0.1, 0.15) is 4.83 Å². The van der Waals surface area contributed by atoms with Gasteiger partial charge in [0.25, 0.3) is 15.6 Å². The molecule has 0 radical (unpaired) electrons. The van der Waals surface area contributed by atoms with E-state index < -0.39 is 27.8 Å². The summed E-state index contributed by atoms with van der Waals surface area (Å²) in [6.07, 6.45) is -0.912. The van der Waals surface area contributed by atoms with E-state index in [1.54, 1.807) is 19.1 Å². The number of para-hydroxylation sites is 1. The number of thiophene rings is 1. The number of carbonyl (C=O) groups is 1. The molecule has 4 N–H and O–H groups in total. The van der Waals surface area contributed by atoms with Gasteiger partial charge in [0.2, 0.25) is 0 Å². The molecule has 13 heteroatoms. The summed E-state index contributed by atoms with van der Waals surface area (Å²) in [5, 5.41) is 0.506. The summed E-state index contributed by atoms with van der Waals surface area (Å²) in [6, 6.07) is 10.1. The van der Waals surface area contributed by atoms with Crippen molar-refractivity contribution in [3.05, 3.63) is 85.1 Å². The number of benzene rings is 2. The van der Waals surface area contributed by atoms with Gasteiger partial charge in [0.15, 0.2) is 11.9 Å². The second-order valence-corrected chi connectivity index (χ2v) is 11.3. The number of nitrogens with one attached hydrogen (secondary N) is 4. The van der Waals surface area contributed by atoms with Gasteiger partial charge in [-0.3, -0.25) is 9.52 Å². The Bertz CT molecular complexity index is 1920. The minimum absolute atomic E-state index is 0.00349. The largest absolute Gasteiger partial charge is 0.451 e. The van der Waals surface area contributed by atoms with E-state index in [4.69, 9.17) is 4.74 Å². The number of aromatic amines is 3. The van der Waals surface area contributed by atoms with Gasteiger partial charge in [-0.05, 0) is 56.7 Å². The predicted molar refractivity (Wildman–Crippen MR) is 140 cm³/mol. The Morgan fingerprint density at radius 3 is 2.57 bits per heavy atom. The number of ether oxygens (including phenoxy) is 1. The van der Waals surface area contributed by atoms with Gasteiger partial charge >= 0.3 is 11.7 Å². The number of rotatable bonds is 6. The van der Waals surface area contributed by atoms with Crippen LogP contribution in [0.1, 0.15) is 39.7 Å². The van der Waals surface area contributed by atoms with E-state index in [0.29, 0.717) is 21.3 Å². The first-order valence-electron chi connectivity index (χ1n) is 11.1. The van der Waals surface area contributed by atoms with Crippen LogP contribution in [0.3, 0.4) is 0 Å². The monoisotopic (exact) mass is 539 g/mol. The quantitative estimate of drug-likeness (QED) is 0.240. The van der Waals surface area contributed by atoms with E-state index in [1.165, 1.54) is 41.7 Å². The number of carbonyl (C=O) groups excluding carboxylic acids is 1. The minimum atomic E-state index is -4.12. The van der Waals surface area contributed by atoms with Gasteiger partial charge in [-0.15, -0.1) is 11.3 Å². The molecule has 2 aromatic carbocycles. The first-order valence-corrected chi connectivity index (χ1v) is 13.4. The Morgan fingerprint density at radius 1 is 1.05 bits per heavy atom. The minimum Gasteiger partial charge on any atom is -0.451 e. The molecule has 3 heterocycles. The van der Waals surface area contributed by atoms with Crippen LogP contribution < -0.4 is 16.0 Å². The summed E-state index contributed by atoms with van der Waals surface area (Å²) < 4.78 is 34.0. The maximum absolute atomic E-state index is 13.0. The van der Waals surface area contributed by atoms with Crippen LogP contribution in [0.5, 0.6) is 0 Å². The van der Waals surface area contributed by atoms with Gasteiger partial charge in [-0.25, -0.2) is 23.0 Å². The van der Waals surface area contributed by atoms with Gasteiger partial charge in [-0.1, -0.05) is 12.1 Å². The number of aromatic nitrogens is 4. The topological polar surface area (TPSA) is 167 Å². The maximum atomic E-state index is 13.0. The lowest BCUT2D eigenvalue weighted by molar-refractivity contribution is 0.0321. The van der Waals surface area contributed by atoms with Gasteiger partial charge in [-0.2, -0.15) is 0 Å². The lowest BCUT2D eigenvalue weighted by atomic mass is 10.2. The van der Waals surface area contributed by atoms with Crippen LogP contribution in [0.2, 0.25) is 0 Å². The number of fused-ring (bicyclic) bond motifs is 2. The predicted octanol–water partition coefficient (Wildman–Crippen LogP) is 3.49. The molecule has 0 amide bonds. The summed E-state index contributed by atoms with van der Waals surface area (Å²) in [6.45, 7) is 5.31. The summed E-state index contributed by atoms with van der Waals surface area (Å²) in [5.74, 6) is -0.628. The second kappa shape index (κ2) is 9.01. The molecule has 190 valence electrons. The van der Waals surface area contributed by atoms with Crippen LogP contribution in [0.25, 0.3) is 21.3 Å². The Balaban J connectivity index is 1.41. The number of nitrogens with zero attached hydrogens (tertiary/aromatic N) is 1. The number of H-pyrrole nitrogens is 3. The average Bonchev–Trinajstić information content (AvgIpc) is 3.36. The standard InChI is InChI=1S/C24H21N5O6S2/c1-11-13(3)36-22-19(11)21(30)27-20(28-22)12(2)35-23(31)15-6-4-5-7-16(15)29-37(33,34)14-8-9-17-18(10-14)26-24(32)25-17/h4-10,12,29H,1-3H3,(H2,25,26,32)(H,27,28,30). The Labute approximate surface area is 213 Å². The molecule has 0 fully saturated rings. The van der Waals surface area contributed by atoms with Crippen molar-refractivity contribution in [1.29, 1.82) is 0 Å². The molecule has 3 aromatic heterocycles. The number of hydrogen-bond acceptors (Lipinski definition) is 8. The number of anilines is 1. The molecule has 1 atom stereocenters. The molecular formula is C24H21N5O6S2. The SMILES string of the molecule is Cc1sc2nc(C(C)OC(=O)c3ccccc3NS(=O)(=O)c3ccc4[nH]c(=O)[nH]c4c3)[nH]c(=O)c2c1C. The average molecular weight is 540 g/mol. The van der Waals surface area contributed by atoms with Crippen LogP contribution >= 0.6 is 11.3 Å². The maximum Gasteiger partial charge on any atom is 0.340 e. The Hall–Kier alpha value is -4.23. The molecule has 0 aliphatic carbocycles. The summed E-state index contributed by atoms with van der Waals surface area (Å²) in [5.41, 5.74) is 0.832. The smallest absolute Gasteiger partial charge is 0.340 e. The zero-order valence-electron chi connectivity index (χ0n) is 19.8. The fourth-order valence-corrected chi connectivity index (χ4v) is 6.02. The normalized spacial score (nSPS) is 12.6. The molecule has 0 spiro atoms. The molecule has 1 unspecified atom stereocenters. The Kier molecular flexibility index (Phi) is 5.96. The zero-order chi connectivity index (χ0) is 26.5. The van der Waals surface area contributed by atoms with Gasteiger partial charge < -0.3 is 19.7 Å². The molecule has 0 aliphatic rings. The third kappa shape index (κ3) is 4.54. The Morgan fingerprint density at radius 2 is 1.78 bits per heavy atom. The van der Waals surface area contributed by atoms with E-state index in [2.05, 4.69) is 24.7 Å². The lowest BCUT2D eigenvalue weighted by Gasteiger charge is -2.15. The second-order valence-electron chi connectivity index (χ2n) is 8.40. The van der Waals surface area contributed by atoms with Crippen molar-refractivity contribution in [2.45, 2.75) is 31.8 Å². The highest BCUT2D eigenvalue weighted by molar-refractivity contribution is 7.92. The van der Waals surface area contributed by atoms with E-state index in [1.807, 2.05) is 13.8 Å². The molecule has 0 aliphatic heterocycles. The molecule has 0 saturated carbocycles. The first-order chi connectivity index (χ1) is 17.5. The van der Waals surface area contributed by atoms with Crippen LogP contribution in [-0.4, -0.2) is 34.3 Å². The molecule has 37 heavy (non-hydrogen) atoms. The molecule has 0 saturated heterocycles. The summed E-state index contributed by atoms with van der Waals surface area (Å²) in [4.78, 5) is 50.7. The van der Waals surface area contributed by atoms with Crippen LogP contribution in [0.4, 0.5) is 5.69 Å². The number of imidazole rings is 1. The molecule has 5 aromatic rings. The van der Waals surface area contributed by atoms with Crippen LogP contribution in [0.15, 0.2) is 56.9 Å². The number of aryl methyl sites for hydroxylation is 2. The van der Waals surface area contributed by atoms with Crippen LogP contribution in [-0.2, 0) is 14.8 Å². The van der Waals surface area contributed by atoms with E-state index in [9.17, 15) is 22.8 Å². The summed E-state index contributed by atoms with van der Waals surface area (Å²) >= 11 is 1.38. The zero-order valence-corrected chi connectivity index (χ0v) is 21.5. The molecular weight excluding hydrogens is 518 g/mol. The van der Waals surface area contributed by atoms with Crippen molar-refractivity contribution in [1.82, 2.24) is 19.9 Å². The van der Waals surface area contributed by atoms with Crippen molar-refractivity contribution in [3.8, 4) is 0 Å². The van der Waals surface area contributed by atoms with E-state index in [-0.39, 0.29) is 27.5 Å². The molecule has 5 rings (SSSR count). The van der Waals surface area contributed by atoms with Gasteiger partial charge in [0, 0.05) is 4.88 Å².